The fourth-order valence-corrected chi connectivity index (χ4v) is 1.82. The number of nitrogens with one attached hydrogen (secondary N) is 2. The van der Waals surface area contributed by atoms with Crippen molar-refractivity contribution in [3.63, 3.8) is 0 Å². The molecule has 0 fully saturated rings. The van der Waals surface area contributed by atoms with Gasteiger partial charge in [-0.3, -0.25) is 9.89 Å². The zero-order valence-corrected chi connectivity index (χ0v) is 11.5. The first kappa shape index (κ1) is 13.5. The second-order valence-corrected chi connectivity index (χ2v) is 4.91. The molecule has 0 aliphatic heterocycles. The van der Waals surface area contributed by atoms with Crippen LogP contribution in [-0.2, 0) is 6.54 Å². The summed E-state index contributed by atoms with van der Waals surface area (Å²) in [5.74, 6) is 0.0404. The van der Waals surface area contributed by atoms with E-state index in [1.54, 1.807) is 24.4 Å². The topological polar surface area (TPSA) is 70.7 Å². The standard InChI is InChI=1S/C13H15ClN4O/c1-8(2)11-5-9(6-12(14)17-11)13(19)15-7-10-3-4-16-18-10/h3-6,8H,7H2,1-2H3,(H,15,19)(H,16,18). The normalized spacial score (nSPS) is 10.7. The highest BCUT2D eigenvalue weighted by Gasteiger charge is 2.11. The molecule has 0 saturated carbocycles. The minimum Gasteiger partial charge on any atom is -0.346 e. The summed E-state index contributed by atoms with van der Waals surface area (Å²) in [6, 6.07) is 5.13. The molecule has 6 heteroatoms. The third-order valence-corrected chi connectivity index (χ3v) is 2.86. The first-order valence-electron chi connectivity index (χ1n) is 6.00. The molecule has 2 aromatic heterocycles. The number of H-pyrrole nitrogens is 1. The lowest BCUT2D eigenvalue weighted by molar-refractivity contribution is 0.0950. The molecule has 2 heterocycles. The van der Waals surface area contributed by atoms with Crippen LogP contribution in [0, 0.1) is 0 Å². The number of aromatic amines is 1. The van der Waals surface area contributed by atoms with E-state index in [9.17, 15) is 4.79 Å². The predicted octanol–water partition coefficient (Wildman–Crippen LogP) is 2.51. The van der Waals surface area contributed by atoms with Crippen LogP contribution in [0.25, 0.3) is 0 Å². The molecule has 0 radical (unpaired) electrons. The summed E-state index contributed by atoms with van der Waals surface area (Å²) in [5.41, 5.74) is 2.17. The minimum atomic E-state index is -0.180. The molecule has 2 aromatic rings. The number of hydrogen-bond acceptors (Lipinski definition) is 3. The van der Waals surface area contributed by atoms with Crippen molar-refractivity contribution >= 4 is 17.5 Å². The van der Waals surface area contributed by atoms with Gasteiger partial charge in [0.2, 0.25) is 0 Å². The van der Waals surface area contributed by atoms with Crippen LogP contribution in [0.5, 0.6) is 0 Å². The van der Waals surface area contributed by atoms with E-state index in [0.717, 1.165) is 11.4 Å². The van der Waals surface area contributed by atoms with Crippen molar-refractivity contribution in [2.75, 3.05) is 0 Å². The average Bonchev–Trinajstić information content (AvgIpc) is 2.88. The van der Waals surface area contributed by atoms with Crippen molar-refractivity contribution in [2.45, 2.75) is 26.3 Å². The molecule has 5 nitrogen and oxygen atoms in total. The molecule has 0 spiro atoms. The van der Waals surface area contributed by atoms with Crippen LogP contribution in [0.15, 0.2) is 24.4 Å². The van der Waals surface area contributed by atoms with Crippen molar-refractivity contribution in [1.82, 2.24) is 20.5 Å². The molecule has 0 aromatic carbocycles. The monoisotopic (exact) mass is 278 g/mol. The van der Waals surface area contributed by atoms with Crippen molar-refractivity contribution in [3.8, 4) is 0 Å². The van der Waals surface area contributed by atoms with Gasteiger partial charge in [0.1, 0.15) is 5.15 Å². The second-order valence-electron chi connectivity index (χ2n) is 4.52. The molecule has 100 valence electrons. The van der Waals surface area contributed by atoms with Gasteiger partial charge in [-0.05, 0) is 24.1 Å². The van der Waals surface area contributed by atoms with Gasteiger partial charge < -0.3 is 5.32 Å². The van der Waals surface area contributed by atoms with Gasteiger partial charge in [0.05, 0.1) is 12.2 Å². The summed E-state index contributed by atoms with van der Waals surface area (Å²) in [7, 11) is 0. The highest BCUT2D eigenvalue weighted by atomic mass is 35.5. The molecular formula is C13H15ClN4O. The Morgan fingerprint density at radius 1 is 1.47 bits per heavy atom. The Balaban J connectivity index is 2.10. The quantitative estimate of drug-likeness (QED) is 0.844. The number of amides is 1. The number of carbonyl (C=O) groups excluding carboxylic acids is 1. The molecule has 0 aliphatic rings. The first-order chi connectivity index (χ1) is 9.06. The van der Waals surface area contributed by atoms with Crippen LogP contribution in [0.2, 0.25) is 5.15 Å². The maximum absolute atomic E-state index is 12.0. The Morgan fingerprint density at radius 3 is 2.89 bits per heavy atom. The second kappa shape index (κ2) is 5.84. The number of carbonyl (C=O) groups is 1. The fourth-order valence-electron chi connectivity index (χ4n) is 1.60. The van der Waals surface area contributed by atoms with Gasteiger partial charge in [0, 0.05) is 17.5 Å². The third-order valence-electron chi connectivity index (χ3n) is 2.67. The van der Waals surface area contributed by atoms with Gasteiger partial charge >= 0.3 is 0 Å². The molecule has 2 rings (SSSR count). The Kier molecular flexibility index (Phi) is 4.16. The van der Waals surface area contributed by atoms with Crippen molar-refractivity contribution in [2.24, 2.45) is 0 Å². The maximum atomic E-state index is 12.0. The zero-order chi connectivity index (χ0) is 13.8. The smallest absolute Gasteiger partial charge is 0.251 e. The Labute approximate surface area is 116 Å². The van der Waals surface area contributed by atoms with Crippen molar-refractivity contribution in [1.29, 1.82) is 0 Å². The Bertz CT molecular complexity index is 566. The number of aromatic nitrogens is 3. The molecular weight excluding hydrogens is 264 g/mol. The minimum absolute atomic E-state index is 0.180. The third kappa shape index (κ3) is 3.54. The summed E-state index contributed by atoms with van der Waals surface area (Å²) in [6.45, 7) is 4.41. The lowest BCUT2D eigenvalue weighted by atomic mass is 10.1. The van der Waals surface area contributed by atoms with E-state index in [-0.39, 0.29) is 11.8 Å². The molecule has 19 heavy (non-hydrogen) atoms. The van der Waals surface area contributed by atoms with Gasteiger partial charge in [-0.25, -0.2) is 4.98 Å². The molecule has 1 amide bonds. The summed E-state index contributed by atoms with van der Waals surface area (Å²) in [5, 5.41) is 9.73. The fraction of sp³-hybridized carbons (Fsp3) is 0.308. The number of nitrogens with zero attached hydrogens (tertiary/aromatic N) is 2. The molecule has 0 aliphatic carbocycles. The molecule has 2 N–H and O–H groups in total. The number of pyridine rings is 1. The highest BCUT2D eigenvalue weighted by Crippen LogP contribution is 2.17. The van der Waals surface area contributed by atoms with Gasteiger partial charge in [-0.1, -0.05) is 25.4 Å². The van der Waals surface area contributed by atoms with E-state index in [4.69, 9.17) is 11.6 Å². The number of halogens is 1. The lowest BCUT2D eigenvalue weighted by Crippen LogP contribution is -2.23. The van der Waals surface area contributed by atoms with E-state index in [1.807, 2.05) is 13.8 Å². The van der Waals surface area contributed by atoms with Crippen LogP contribution in [0.1, 0.15) is 41.5 Å². The SMILES string of the molecule is CC(C)c1cc(C(=O)NCc2ccn[nH]2)cc(Cl)n1. The highest BCUT2D eigenvalue weighted by molar-refractivity contribution is 6.29. The predicted molar refractivity (Wildman–Crippen MR) is 73.1 cm³/mol. The van der Waals surface area contributed by atoms with Gasteiger partial charge in [-0.2, -0.15) is 5.10 Å². The van der Waals surface area contributed by atoms with Crippen molar-refractivity contribution in [3.05, 3.63) is 46.5 Å². The van der Waals surface area contributed by atoms with Crippen LogP contribution in [-0.4, -0.2) is 21.1 Å². The summed E-state index contributed by atoms with van der Waals surface area (Å²) < 4.78 is 0. The van der Waals surface area contributed by atoms with E-state index in [1.165, 1.54) is 0 Å². The molecule has 0 bridgehead atoms. The van der Waals surface area contributed by atoms with E-state index < -0.39 is 0 Å². The Hall–Kier alpha value is -1.88. The summed E-state index contributed by atoms with van der Waals surface area (Å²) in [6.07, 6.45) is 1.64. The van der Waals surface area contributed by atoms with Crippen LogP contribution in [0.4, 0.5) is 0 Å². The van der Waals surface area contributed by atoms with Crippen LogP contribution < -0.4 is 5.32 Å². The van der Waals surface area contributed by atoms with E-state index in [0.29, 0.717) is 17.3 Å². The van der Waals surface area contributed by atoms with E-state index >= 15 is 0 Å². The van der Waals surface area contributed by atoms with Crippen molar-refractivity contribution < 1.29 is 4.79 Å². The number of rotatable bonds is 4. The molecule has 0 saturated heterocycles. The molecule has 0 unspecified atom stereocenters. The maximum Gasteiger partial charge on any atom is 0.251 e. The summed E-state index contributed by atoms with van der Waals surface area (Å²) in [4.78, 5) is 16.2. The first-order valence-corrected chi connectivity index (χ1v) is 6.38. The van der Waals surface area contributed by atoms with Gasteiger partial charge in [-0.15, -0.1) is 0 Å². The van der Waals surface area contributed by atoms with Crippen LogP contribution in [0.3, 0.4) is 0 Å². The lowest BCUT2D eigenvalue weighted by Gasteiger charge is -2.08. The average molecular weight is 279 g/mol. The zero-order valence-electron chi connectivity index (χ0n) is 10.8. The number of hydrogen-bond donors (Lipinski definition) is 2. The van der Waals surface area contributed by atoms with E-state index in [2.05, 4.69) is 20.5 Å². The van der Waals surface area contributed by atoms with Gasteiger partial charge in [0.25, 0.3) is 5.91 Å². The Morgan fingerprint density at radius 2 is 2.26 bits per heavy atom. The largest absolute Gasteiger partial charge is 0.346 e. The molecule has 0 atom stereocenters. The summed E-state index contributed by atoms with van der Waals surface area (Å²) >= 11 is 5.93. The van der Waals surface area contributed by atoms with Gasteiger partial charge in [0.15, 0.2) is 0 Å². The van der Waals surface area contributed by atoms with Crippen LogP contribution >= 0.6 is 11.6 Å².